The third kappa shape index (κ3) is 4.42. The van der Waals surface area contributed by atoms with Crippen LogP contribution in [0.5, 0.6) is 0 Å². The van der Waals surface area contributed by atoms with E-state index in [1.807, 2.05) is 11.8 Å². The molecule has 2 heterocycles. The quantitative estimate of drug-likeness (QED) is 0.726. The Kier molecular flexibility index (Phi) is 6.08. The number of anilines is 1. The van der Waals surface area contributed by atoms with Crippen molar-refractivity contribution < 1.29 is 18.8 Å². The summed E-state index contributed by atoms with van der Waals surface area (Å²) in [6.07, 6.45) is 3.40. The number of carbonyl (C=O) groups is 3. The molecule has 0 saturated carbocycles. The lowest BCUT2D eigenvalue weighted by atomic mass is 9.99. The molecule has 1 fully saturated rings. The van der Waals surface area contributed by atoms with Crippen LogP contribution in [0.1, 0.15) is 48.7 Å². The minimum Gasteiger partial charge on any atom is -0.367 e. The molecule has 2 aromatic carbocycles. The lowest BCUT2D eigenvalue weighted by molar-refractivity contribution is -0.121. The largest absolute Gasteiger partial charge is 0.367 e. The van der Waals surface area contributed by atoms with Gasteiger partial charge in [-0.2, -0.15) is 0 Å². The van der Waals surface area contributed by atoms with Crippen molar-refractivity contribution in [2.45, 2.75) is 32.7 Å². The topological polar surface area (TPSA) is 69.7 Å². The molecule has 166 valence electrons. The summed E-state index contributed by atoms with van der Waals surface area (Å²) in [5.41, 5.74) is 2.06. The normalized spacial score (nSPS) is 18.0. The average molecular weight is 435 g/mol. The molecule has 2 aromatic rings. The van der Waals surface area contributed by atoms with Crippen LogP contribution < -0.4 is 10.2 Å². The Morgan fingerprint density at radius 2 is 1.66 bits per heavy atom. The van der Waals surface area contributed by atoms with Crippen LogP contribution in [0.15, 0.2) is 60.3 Å². The summed E-state index contributed by atoms with van der Waals surface area (Å²) in [5, 5.41) is 2.87. The standard InChI is InChI=1S/C25H26FN3O3/c1-16-11-13-28(14-12-16)22-15-23(30)29(25(22)32)21-9-5-19(6-10-21)24(31)27-17(2)18-3-7-20(26)8-4-18/h3-10,15-17H,11-14H2,1-2H3,(H,27,31)/t17-/m1/s1. The van der Waals surface area contributed by atoms with E-state index < -0.39 is 0 Å². The van der Waals surface area contributed by atoms with E-state index in [0.29, 0.717) is 22.9 Å². The third-order valence-electron chi connectivity index (χ3n) is 6.13. The molecule has 1 N–H and O–H groups in total. The van der Waals surface area contributed by atoms with E-state index in [1.165, 1.54) is 18.2 Å². The van der Waals surface area contributed by atoms with Crippen molar-refractivity contribution in [2.75, 3.05) is 18.0 Å². The maximum absolute atomic E-state index is 13.1. The lowest BCUT2D eigenvalue weighted by Crippen LogP contribution is -2.38. The lowest BCUT2D eigenvalue weighted by Gasteiger charge is -2.32. The molecule has 0 spiro atoms. The zero-order valence-corrected chi connectivity index (χ0v) is 18.2. The van der Waals surface area contributed by atoms with Crippen molar-refractivity contribution >= 4 is 23.4 Å². The number of piperidine rings is 1. The molecule has 0 unspecified atom stereocenters. The number of imide groups is 1. The highest BCUT2D eigenvalue weighted by Gasteiger charge is 2.36. The summed E-state index contributed by atoms with van der Waals surface area (Å²) in [6.45, 7) is 5.55. The molecule has 32 heavy (non-hydrogen) atoms. The molecule has 3 amide bonds. The van der Waals surface area contributed by atoms with E-state index in [9.17, 15) is 18.8 Å². The highest BCUT2D eigenvalue weighted by molar-refractivity contribution is 6.30. The second kappa shape index (κ2) is 8.94. The summed E-state index contributed by atoms with van der Waals surface area (Å²) in [6, 6.07) is 12.0. The molecule has 0 aliphatic carbocycles. The molecule has 0 aromatic heterocycles. The van der Waals surface area contributed by atoms with Crippen LogP contribution in [0.4, 0.5) is 10.1 Å². The van der Waals surface area contributed by atoms with Crippen molar-refractivity contribution in [2.24, 2.45) is 5.92 Å². The molecule has 7 heteroatoms. The van der Waals surface area contributed by atoms with Gasteiger partial charge in [0.15, 0.2) is 0 Å². The molecule has 1 saturated heterocycles. The molecule has 6 nitrogen and oxygen atoms in total. The molecule has 2 aliphatic heterocycles. The van der Waals surface area contributed by atoms with Crippen LogP contribution in [-0.4, -0.2) is 35.7 Å². The van der Waals surface area contributed by atoms with E-state index in [2.05, 4.69) is 12.2 Å². The Balaban J connectivity index is 1.42. The fraction of sp³-hybridized carbons (Fsp3) is 0.320. The Labute approximate surface area is 186 Å². The zero-order chi connectivity index (χ0) is 22.8. The van der Waals surface area contributed by atoms with Gasteiger partial charge in [-0.05, 0) is 67.6 Å². The van der Waals surface area contributed by atoms with E-state index in [4.69, 9.17) is 0 Å². The zero-order valence-electron chi connectivity index (χ0n) is 18.2. The fourth-order valence-corrected chi connectivity index (χ4v) is 4.06. The van der Waals surface area contributed by atoms with Gasteiger partial charge < -0.3 is 10.2 Å². The Morgan fingerprint density at radius 3 is 2.28 bits per heavy atom. The smallest absolute Gasteiger partial charge is 0.281 e. The van der Waals surface area contributed by atoms with Crippen molar-refractivity contribution in [3.63, 3.8) is 0 Å². The van der Waals surface area contributed by atoms with Crippen LogP contribution in [0.25, 0.3) is 0 Å². The summed E-state index contributed by atoms with van der Waals surface area (Å²) in [5.74, 6) is -0.702. The Bertz CT molecular complexity index is 1050. The highest BCUT2D eigenvalue weighted by atomic mass is 19.1. The molecular weight excluding hydrogens is 409 g/mol. The predicted octanol–water partition coefficient (Wildman–Crippen LogP) is 3.81. The second-order valence-corrected chi connectivity index (χ2v) is 8.47. The molecule has 1 atom stereocenters. The first-order valence-electron chi connectivity index (χ1n) is 10.8. The number of carbonyl (C=O) groups excluding carboxylic acids is 3. The van der Waals surface area contributed by atoms with Crippen molar-refractivity contribution in [3.8, 4) is 0 Å². The number of hydrogen-bond acceptors (Lipinski definition) is 4. The number of nitrogens with zero attached hydrogens (tertiary/aromatic N) is 2. The summed E-state index contributed by atoms with van der Waals surface area (Å²) < 4.78 is 13.1. The minimum absolute atomic E-state index is 0.297. The van der Waals surface area contributed by atoms with E-state index >= 15 is 0 Å². The van der Waals surface area contributed by atoms with Crippen molar-refractivity contribution in [1.29, 1.82) is 0 Å². The summed E-state index contributed by atoms with van der Waals surface area (Å²) >= 11 is 0. The Hall–Kier alpha value is -3.48. The summed E-state index contributed by atoms with van der Waals surface area (Å²) in [4.78, 5) is 41.2. The number of rotatable bonds is 5. The van der Waals surface area contributed by atoms with Crippen LogP contribution in [0, 0.1) is 11.7 Å². The maximum Gasteiger partial charge on any atom is 0.281 e. The minimum atomic E-state index is -0.370. The van der Waals surface area contributed by atoms with E-state index in [-0.39, 0.29) is 29.6 Å². The van der Waals surface area contributed by atoms with Gasteiger partial charge in [-0.25, -0.2) is 9.29 Å². The number of amides is 3. The van der Waals surface area contributed by atoms with Crippen LogP contribution in [-0.2, 0) is 9.59 Å². The first-order valence-corrected chi connectivity index (χ1v) is 10.8. The van der Waals surface area contributed by atoms with E-state index in [1.54, 1.807) is 36.4 Å². The fourth-order valence-electron chi connectivity index (χ4n) is 4.06. The van der Waals surface area contributed by atoms with Gasteiger partial charge in [0.1, 0.15) is 11.5 Å². The number of halogens is 1. The second-order valence-electron chi connectivity index (χ2n) is 8.47. The SMILES string of the molecule is CC1CCN(C2=CC(=O)N(c3ccc(C(=O)N[C@H](C)c4ccc(F)cc4)cc3)C2=O)CC1. The number of benzene rings is 2. The van der Waals surface area contributed by atoms with Gasteiger partial charge in [0.2, 0.25) is 0 Å². The molecule has 4 rings (SSSR count). The summed E-state index contributed by atoms with van der Waals surface area (Å²) in [7, 11) is 0. The first-order chi connectivity index (χ1) is 15.3. The highest BCUT2D eigenvalue weighted by Crippen LogP contribution is 2.28. The number of nitrogens with one attached hydrogen (secondary N) is 1. The van der Waals surface area contributed by atoms with Gasteiger partial charge in [-0.3, -0.25) is 14.4 Å². The van der Waals surface area contributed by atoms with Crippen molar-refractivity contribution in [3.05, 3.63) is 77.2 Å². The number of likely N-dealkylation sites (tertiary alicyclic amines) is 1. The van der Waals surface area contributed by atoms with Crippen LogP contribution >= 0.6 is 0 Å². The predicted molar refractivity (Wildman–Crippen MR) is 119 cm³/mol. The molecular formula is C25H26FN3O3. The Morgan fingerprint density at radius 1 is 1.03 bits per heavy atom. The first kappa shape index (κ1) is 21.7. The number of hydrogen-bond donors (Lipinski definition) is 1. The van der Waals surface area contributed by atoms with Crippen molar-refractivity contribution in [1.82, 2.24) is 10.2 Å². The monoisotopic (exact) mass is 435 g/mol. The molecule has 0 bridgehead atoms. The van der Waals surface area contributed by atoms with Gasteiger partial charge in [0.25, 0.3) is 17.7 Å². The van der Waals surface area contributed by atoms with Gasteiger partial charge in [0.05, 0.1) is 11.7 Å². The van der Waals surface area contributed by atoms with Gasteiger partial charge in [-0.1, -0.05) is 19.1 Å². The van der Waals surface area contributed by atoms with Crippen LogP contribution in [0.3, 0.4) is 0 Å². The molecule has 0 radical (unpaired) electrons. The average Bonchev–Trinajstić information content (AvgIpc) is 3.08. The maximum atomic E-state index is 13.1. The van der Waals surface area contributed by atoms with E-state index in [0.717, 1.165) is 36.4 Å². The van der Waals surface area contributed by atoms with Gasteiger partial charge in [-0.15, -0.1) is 0 Å². The third-order valence-corrected chi connectivity index (χ3v) is 6.13. The molecule has 2 aliphatic rings. The van der Waals surface area contributed by atoms with Gasteiger partial charge in [0, 0.05) is 24.7 Å². The van der Waals surface area contributed by atoms with Crippen LogP contribution in [0.2, 0.25) is 0 Å². The van der Waals surface area contributed by atoms with Gasteiger partial charge >= 0.3 is 0 Å².